The minimum Gasteiger partial charge on any atom is -0.335 e. The maximum absolute atomic E-state index is 13.4. The second-order valence-electron chi connectivity index (χ2n) is 6.88. The molecule has 0 heterocycles. The van der Waals surface area contributed by atoms with Crippen LogP contribution in [0.3, 0.4) is 0 Å². The van der Waals surface area contributed by atoms with Gasteiger partial charge in [-0.25, -0.2) is 9.18 Å². The van der Waals surface area contributed by atoms with Crippen molar-refractivity contribution in [1.82, 2.24) is 10.6 Å². The lowest BCUT2D eigenvalue weighted by Gasteiger charge is -2.20. The molecule has 2 atom stereocenters. The Labute approximate surface area is 158 Å². The fraction of sp³-hybridized carbons (Fsp3) is 0.174. The maximum atomic E-state index is 13.4. The highest BCUT2D eigenvalue weighted by Crippen LogP contribution is 2.40. The van der Waals surface area contributed by atoms with Crippen molar-refractivity contribution < 1.29 is 9.18 Å². The molecule has 0 spiro atoms. The fourth-order valence-electron chi connectivity index (χ4n) is 3.45. The first-order valence-electron chi connectivity index (χ1n) is 9.13. The van der Waals surface area contributed by atoms with E-state index >= 15 is 0 Å². The molecular weight excluding hydrogens is 339 g/mol. The van der Waals surface area contributed by atoms with Gasteiger partial charge in [0.05, 0.1) is 6.04 Å². The molecule has 1 fully saturated rings. The van der Waals surface area contributed by atoms with Crippen molar-refractivity contribution >= 4 is 6.03 Å². The quantitative estimate of drug-likeness (QED) is 0.676. The molecule has 27 heavy (non-hydrogen) atoms. The number of carbonyl (C=O) groups excluding carboxylic acids is 1. The zero-order valence-corrected chi connectivity index (χ0v) is 14.8. The smallest absolute Gasteiger partial charge is 0.315 e. The van der Waals surface area contributed by atoms with E-state index in [1.807, 2.05) is 66.7 Å². The van der Waals surface area contributed by atoms with Gasteiger partial charge in [-0.15, -0.1) is 0 Å². The van der Waals surface area contributed by atoms with Gasteiger partial charge in [-0.1, -0.05) is 72.8 Å². The normalized spacial score (nSPS) is 18.1. The number of hydrogen-bond donors (Lipinski definition) is 2. The lowest BCUT2D eigenvalue weighted by molar-refractivity contribution is 0.238. The monoisotopic (exact) mass is 360 g/mol. The summed E-state index contributed by atoms with van der Waals surface area (Å²) >= 11 is 0. The van der Waals surface area contributed by atoms with Gasteiger partial charge in [0.25, 0.3) is 0 Å². The van der Waals surface area contributed by atoms with Gasteiger partial charge in [-0.3, -0.25) is 0 Å². The second-order valence-corrected chi connectivity index (χ2v) is 6.88. The van der Waals surface area contributed by atoms with Gasteiger partial charge in [0.1, 0.15) is 5.82 Å². The van der Waals surface area contributed by atoms with Crippen LogP contribution in [0.25, 0.3) is 0 Å². The highest BCUT2D eigenvalue weighted by atomic mass is 19.1. The molecule has 3 aromatic rings. The molecule has 3 aromatic carbocycles. The number of halogens is 1. The van der Waals surface area contributed by atoms with Crippen LogP contribution >= 0.6 is 0 Å². The Bertz CT molecular complexity index is 874. The predicted molar refractivity (Wildman–Crippen MR) is 104 cm³/mol. The zero-order chi connectivity index (χ0) is 18.6. The van der Waals surface area contributed by atoms with E-state index in [-0.39, 0.29) is 29.8 Å². The van der Waals surface area contributed by atoms with Crippen molar-refractivity contribution in [2.75, 3.05) is 0 Å². The molecule has 2 unspecified atom stereocenters. The summed E-state index contributed by atoms with van der Waals surface area (Å²) in [4.78, 5) is 12.6. The molecule has 0 radical (unpaired) electrons. The number of carbonyl (C=O) groups is 1. The minimum absolute atomic E-state index is 0.0407. The molecule has 2 amide bonds. The predicted octanol–water partition coefficient (Wildman–Crippen LogP) is 4.77. The van der Waals surface area contributed by atoms with Gasteiger partial charge in [0.15, 0.2) is 0 Å². The SMILES string of the molecule is O=C(NC(c1ccccc1)c1ccccc1)NC1CC1c1cccc(F)c1. The number of urea groups is 1. The van der Waals surface area contributed by atoms with Crippen LogP contribution < -0.4 is 10.6 Å². The van der Waals surface area contributed by atoms with Crippen LogP contribution in [-0.2, 0) is 0 Å². The molecule has 4 heteroatoms. The largest absolute Gasteiger partial charge is 0.335 e. The highest BCUT2D eigenvalue weighted by Gasteiger charge is 2.39. The molecule has 4 rings (SSSR count). The van der Waals surface area contributed by atoms with E-state index in [2.05, 4.69) is 10.6 Å². The standard InChI is InChI=1S/C23H21FN2O/c24-19-13-7-12-18(14-19)20-15-21(20)25-23(27)26-22(16-8-3-1-4-9-16)17-10-5-2-6-11-17/h1-14,20-22H,15H2,(H2,25,26,27). The van der Waals surface area contributed by atoms with E-state index in [0.717, 1.165) is 23.1 Å². The van der Waals surface area contributed by atoms with Crippen molar-refractivity contribution in [3.05, 3.63) is 107 Å². The summed E-state index contributed by atoms with van der Waals surface area (Å²) < 4.78 is 13.4. The van der Waals surface area contributed by atoms with Crippen LogP contribution in [0.5, 0.6) is 0 Å². The molecule has 0 bridgehead atoms. The number of amides is 2. The van der Waals surface area contributed by atoms with Crippen molar-refractivity contribution in [2.45, 2.75) is 24.4 Å². The van der Waals surface area contributed by atoms with E-state index in [0.29, 0.717) is 0 Å². The molecular formula is C23H21FN2O. The zero-order valence-electron chi connectivity index (χ0n) is 14.8. The molecule has 1 aliphatic carbocycles. The topological polar surface area (TPSA) is 41.1 Å². The summed E-state index contributed by atoms with van der Waals surface area (Å²) in [7, 11) is 0. The molecule has 0 aromatic heterocycles. The summed E-state index contributed by atoms with van der Waals surface area (Å²) in [5, 5.41) is 6.10. The molecule has 2 N–H and O–H groups in total. The van der Waals surface area contributed by atoms with Gasteiger partial charge in [-0.2, -0.15) is 0 Å². The van der Waals surface area contributed by atoms with Crippen LogP contribution in [0.15, 0.2) is 84.9 Å². The van der Waals surface area contributed by atoms with E-state index in [1.54, 1.807) is 12.1 Å². The summed E-state index contributed by atoms with van der Waals surface area (Å²) in [6.45, 7) is 0. The van der Waals surface area contributed by atoms with E-state index in [4.69, 9.17) is 0 Å². The second kappa shape index (κ2) is 7.62. The van der Waals surface area contributed by atoms with Crippen molar-refractivity contribution in [2.24, 2.45) is 0 Å². The highest BCUT2D eigenvalue weighted by molar-refractivity contribution is 5.76. The number of nitrogens with one attached hydrogen (secondary N) is 2. The van der Waals surface area contributed by atoms with Crippen LogP contribution in [0.1, 0.15) is 35.1 Å². The molecule has 136 valence electrons. The molecule has 1 saturated carbocycles. The molecule has 0 saturated heterocycles. The van der Waals surface area contributed by atoms with Gasteiger partial charge < -0.3 is 10.6 Å². The van der Waals surface area contributed by atoms with Crippen LogP contribution in [0, 0.1) is 5.82 Å². The third-order valence-corrected chi connectivity index (χ3v) is 4.92. The van der Waals surface area contributed by atoms with E-state index < -0.39 is 0 Å². The molecule has 1 aliphatic rings. The van der Waals surface area contributed by atoms with Crippen LogP contribution in [0.2, 0.25) is 0 Å². The van der Waals surface area contributed by atoms with Crippen molar-refractivity contribution in [3.8, 4) is 0 Å². The third kappa shape index (κ3) is 4.17. The Balaban J connectivity index is 1.44. The average Bonchev–Trinajstić information content (AvgIpc) is 3.46. The van der Waals surface area contributed by atoms with Crippen LogP contribution in [-0.4, -0.2) is 12.1 Å². The third-order valence-electron chi connectivity index (χ3n) is 4.92. The maximum Gasteiger partial charge on any atom is 0.315 e. The van der Waals surface area contributed by atoms with Gasteiger partial charge in [0.2, 0.25) is 0 Å². The summed E-state index contributed by atoms with van der Waals surface area (Å²) in [6, 6.07) is 26.0. The minimum atomic E-state index is -0.240. The van der Waals surface area contributed by atoms with Crippen molar-refractivity contribution in [1.29, 1.82) is 0 Å². The van der Waals surface area contributed by atoms with Gasteiger partial charge >= 0.3 is 6.03 Å². The lowest BCUT2D eigenvalue weighted by Crippen LogP contribution is -2.39. The molecule has 3 nitrogen and oxygen atoms in total. The van der Waals surface area contributed by atoms with E-state index in [9.17, 15) is 9.18 Å². The molecule has 0 aliphatic heterocycles. The lowest BCUT2D eigenvalue weighted by atomic mass is 9.99. The number of rotatable bonds is 5. The Morgan fingerprint density at radius 1 is 0.889 bits per heavy atom. The Hall–Kier alpha value is -3.14. The first-order valence-corrected chi connectivity index (χ1v) is 9.13. The first-order chi connectivity index (χ1) is 13.2. The Morgan fingerprint density at radius 3 is 2.11 bits per heavy atom. The van der Waals surface area contributed by atoms with E-state index in [1.165, 1.54) is 6.07 Å². The van der Waals surface area contributed by atoms with Crippen molar-refractivity contribution in [3.63, 3.8) is 0 Å². The Kier molecular flexibility index (Phi) is 4.88. The summed E-state index contributed by atoms with van der Waals surface area (Å²) in [5.74, 6) is -0.0610. The van der Waals surface area contributed by atoms with Crippen LogP contribution in [0.4, 0.5) is 9.18 Å². The Morgan fingerprint density at radius 2 is 1.52 bits per heavy atom. The number of hydrogen-bond acceptors (Lipinski definition) is 1. The number of benzene rings is 3. The first kappa shape index (κ1) is 17.3. The fourth-order valence-corrected chi connectivity index (χ4v) is 3.45. The van der Waals surface area contributed by atoms with Gasteiger partial charge in [0, 0.05) is 12.0 Å². The summed E-state index contributed by atoms with van der Waals surface area (Å²) in [6.07, 6.45) is 0.832. The summed E-state index contributed by atoms with van der Waals surface area (Å²) in [5.41, 5.74) is 2.98. The average molecular weight is 360 g/mol. The van der Waals surface area contributed by atoms with Gasteiger partial charge in [-0.05, 0) is 35.2 Å².